The predicted molar refractivity (Wildman–Crippen MR) is 98.2 cm³/mol. The molecule has 2 unspecified atom stereocenters. The van der Waals surface area contributed by atoms with Gasteiger partial charge in [-0.25, -0.2) is 0 Å². The summed E-state index contributed by atoms with van der Waals surface area (Å²) in [4.78, 5) is 8.36. The van der Waals surface area contributed by atoms with Gasteiger partial charge >= 0.3 is 5.16 Å². The Morgan fingerprint density at radius 3 is 2.63 bits per heavy atom. The molecule has 8 heteroatoms. The summed E-state index contributed by atoms with van der Waals surface area (Å²) in [6, 6.07) is 2.13. The number of nitrogens with zero attached hydrogens (tertiary/aromatic N) is 3. The minimum absolute atomic E-state index is 0.195. The third-order valence-electron chi connectivity index (χ3n) is 6.97. The number of hydrogen-bond donors (Lipinski definition) is 1. The summed E-state index contributed by atoms with van der Waals surface area (Å²) in [5, 5.41) is 13.0. The van der Waals surface area contributed by atoms with Crippen molar-refractivity contribution < 1.29 is 14.0 Å². The van der Waals surface area contributed by atoms with Crippen molar-refractivity contribution in [3.05, 3.63) is 11.8 Å². The van der Waals surface area contributed by atoms with Crippen LogP contribution >= 0.6 is 0 Å². The van der Waals surface area contributed by atoms with Crippen molar-refractivity contribution in [2.75, 3.05) is 31.3 Å². The highest BCUT2D eigenvalue weighted by molar-refractivity contribution is 7.90. The smallest absolute Gasteiger partial charge is 0.344 e. The molecule has 0 amide bonds. The Bertz CT molecular complexity index is 772. The lowest BCUT2D eigenvalue weighted by Gasteiger charge is -2.63. The first-order valence-electron chi connectivity index (χ1n) is 9.66. The topological polar surface area (TPSA) is 103 Å². The van der Waals surface area contributed by atoms with Crippen LogP contribution in [-0.4, -0.2) is 46.3 Å². The summed E-state index contributed by atoms with van der Waals surface area (Å²) < 4.78 is 24.0. The van der Waals surface area contributed by atoms with Gasteiger partial charge in [-0.2, -0.15) is 15.2 Å². The Balaban J connectivity index is 1.37. The van der Waals surface area contributed by atoms with Gasteiger partial charge in [-0.05, 0) is 43.4 Å². The molecular weight excluding hydrogens is 364 g/mol. The van der Waals surface area contributed by atoms with Gasteiger partial charge in [0.05, 0.1) is 19.4 Å². The van der Waals surface area contributed by atoms with E-state index in [4.69, 9.17) is 9.47 Å². The highest BCUT2D eigenvalue weighted by Crippen LogP contribution is 2.65. The lowest BCUT2D eigenvalue weighted by molar-refractivity contribution is -0.301. The van der Waals surface area contributed by atoms with Crippen LogP contribution in [0, 0.1) is 34.5 Å². The normalized spacial score (nSPS) is 36.7. The number of rotatable bonds is 4. The van der Waals surface area contributed by atoms with Crippen molar-refractivity contribution in [2.24, 2.45) is 23.2 Å². The molecule has 1 aliphatic heterocycles. The molecule has 5 aliphatic rings. The summed E-state index contributed by atoms with van der Waals surface area (Å²) in [6.07, 6.45) is 8.80. The van der Waals surface area contributed by atoms with Crippen molar-refractivity contribution in [3.8, 4) is 6.07 Å². The van der Waals surface area contributed by atoms with Crippen LogP contribution in [0.2, 0.25) is 0 Å². The van der Waals surface area contributed by atoms with Gasteiger partial charge in [-0.3, -0.25) is 0 Å². The molecule has 144 valence electrons. The third kappa shape index (κ3) is 2.75. The van der Waals surface area contributed by atoms with Gasteiger partial charge in [-0.15, -0.1) is 0 Å². The first-order chi connectivity index (χ1) is 13.0. The van der Waals surface area contributed by atoms with Crippen molar-refractivity contribution in [2.45, 2.75) is 43.0 Å². The van der Waals surface area contributed by atoms with Crippen molar-refractivity contribution in [3.63, 3.8) is 0 Å². The first kappa shape index (κ1) is 17.7. The van der Waals surface area contributed by atoms with E-state index >= 15 is 0 Å². The number of nitrogens with one attached hydrogen (secondary N) is 1. The zero-order valence-electron chi connectivity index (χ0n) is 15.4. The van der Waals surface area contributed by atoms with Crippen LogP contribution in [0.15, 0.2) is 11.4 Å². The van der Waals surface area contributed by atoms with Gasteiger partial charge in [0, 0.05) is 29.6 Å². The second-order valence-corrected chi connectivity index (χ2v) is 9.87. The van der Waals surface area contributed by atoms with Crippen molar-refractivity contribution in [1.82, 2.24) is 9.97 Å². The lowest BCUT2D eigenvalue weighted by Crippen LogP contribution is -2.62. The highest BCUT2D eigenvalue weighted by atomic mass is 32.2. The molecule has 27 heavy (non-hydrogen) atoms. The Morgan fingerprint density at radius 2 is 2.00 bits per heavy atom. The Labute approximate surface area is 162 Å². The molecule has 2 heterocycles. The van der Waals surface area contributed by atoms with E-state index in [1.165, 1.54) is 25.5 Å². The summed E-state index contributed by atoms with van der Waals surface area (Å²) >= 11 is -1.27. The SMILES string of the molecule is C[S+]([O-])c1ncc(C#N)c(NC[C@]23CC4C[C@H](C2)C2(OCCO2)[C@@H](C4)C3)n1. The fourth-order valence-corrected chi connectivity index (χ4v) is 6.63. The lowest BCUT2D eigenvalue weighted by atomic mass is 9.47. The molecule has 1 spiro atoms. The van der Waals surface area contributed by atoms with Crippen molar-refractivity contribution in [1.29, 1.82) is 5.26 Å². The number of nitriles is 1. The number of hydrogen-bond acceptors (Lipinski definition) is 7. The number of anilines is 1. The monoisotopic (exact) mass is 388 g/mol. The predicted octanol–water partition coefficient (Wildman–Crippen LogP) is 2.07. The van der Waals surface area contributed by atoms with Gasteiger partial charge in [0.1, 0.15) is 17.9 Å². The molecule has 4 bridgehead atoms. The van der Waals surface area contributed by atoms with Gasteiger partial charge in [-0.1, -0.05) is 0 Å². The molecule has 5 fully saturated rings. The maximum Gasteiger partial charge on any atom is 0.344 e. The van der Waals surface area contributed by atoms with Gasteiger partial charge in [0.15, 0.2) is 11.6 Å². The molecule has 1 saturated heterocycles. The van der Waals surface area contributed by atoms with Crippen LogP contribution < -0.4 is 5.32 Å². The largest absolute Gasteiger partial charge is 0.609 e. The molecule has 1 aromatic rings. The fourth-order valence-electron chi connectivity index (χ4n) is 6.21. The molecule has 1 aromatic heterocycles. The molecule has 6 rings (SSSR count). The second-order valence-electron chi connectivity index (χ2n) is 8.60. The van der Waals surface area contributed by atoms with Gasteiger partial charge in [0.2, 0.25) is 0 Å². The average Bonchev–Trinajstić information content (AvgIpc) is 3.14. The molecular formula is C19H24N4O3S. The summed E-state index contributed by atoms with van der Waals surface area (Å²) in [7, 11) is 0. The van der Waals surface area contributed by atoms with E-state index in [1.807, 2.05) is 0 Å². The second kappa shape index (κ2) is 6.31. The third-order valence-corrected chi connectivity index (χ3v) is 7.68. The maximum atomic E-state index is 11.7. The molecule has 1 N–H and O–H groups in total. The quantitative estimate of drug-likeness (QED) is 0.622. The molecule has 0 aromatic carbocycles. The Hall–Kier alpha value is -1.40. The van der Waals surface area contributed by atoms with E-state index in [9.17, 15) is 9.81 Å². The van der Waals surface area contributed by atoms with Crippen LogP contribution in [0.4, 0.5) is 5.82 Å². The molecule has 4 saturated carbocycles. The van der Waals surface area contributed by atoms with E-state index in [0.717, 1.165) is 25.3 Å². The van der Waals surface area contributed by atoms with E-state index in [-0.39, 0.29) is 16.4 Å². The fraction of sp³-hybridized carbons (Fsp3) is 0.737. The standard InChI is InChI=1S/C19H24N4O3S/c1-27(24)17-21-10-13(9-20)16(23-17)22-11-18-6-12-4-14(7-18)19(15(5-12)8-18)25-2-3-26-19/h10,12,14-15H,2-8,11H2,1H3,(H,21,22,23)/t12?,14-,15+,18-,27?. The summed E-state index contributed by atoms with van der Waals surface area (Å²) in [5.41, 5.74) is 0.591. The molecule has 4 aliphatic carbocycles. The Morgan fingerprint density at radius 1 is 1.30 bits per heavy atom. The van der Waals surface area contributed by atoms with Crippen molar-refractivity contribution >= 4 is 17.0 Å². The van der Waals surface area contributed by atoms with Crippen LogP contribution in [0.25, 0.3) is 0 Å². The average molecular weight is 388 g/mol. The van der Waals surface area contributed by atoms with Crippen LogP contribution in [-0.2, 0) is 20.6 Å². The number of aromatic nitrogens is 2. The van der Waals surface area contributed by atoms with Crippen LogP contribution in [0.3, 0.4) is 0 Å². The van der Waals surface area contributed by atoms with Gasteiger partial charge < -0.3 is 19.3 Å². The minimum Gasteiger partial charge on any atom is -0.609 e. The van der Waals surface area contributed by atoms with E-state index in [1.54, 1.807) is 6.26 Å². The van der Waals surface area contributed by atoms with E-state index < -0.39 is 11.2 Å². The zero-order valence-corrected chi connectivity index (χ0v) is 16.3. The zero-order chi connectivity index (χ0) is 18.6. The van der Waals surface area contributed by atoms with E-state index in [2.05, 4.69) is 21.4 Å². The van der Waals surface area contributed by atoms with Crippen LogP contribution in [0.5, 0.6) is 0 Å². The Kier molecular flexibility index (Phi) is 4.13. The molecule has 5 atom stereocenters. The first-order valence-corrected chi connectivity index (χ1v) is 11.2. The maximum absolute atomic E-state index is 11.7. The van der Waals surface area contributed by atoms with Gasteiger partial charge in [0.25, 0.3) is 0 Å². The summed E-state index contributed by atoms with van der Waals surface area (Å²) in [5.74, 6) is 1.83. The minimum atomic E-state index is -1.27. The number of ether oxygens (including phenoxy) is 2. The molecule has 0 radical (unpaired) electrons. The summed E-state index contributed by atoms with van der Waals surface area (Å²) in [6.45, 7) is 2.20. The van der Waals surface area contributed by atoms with E-state index in [0.29, 0.717) is 36.4 Å². The highest BCUT2D eigenvalue weighted by Gasteiger charge is 2.64. The van der Waals surface area contributed by atoms with Crippen LogP contribution in [0.1, 0.15) is 37.7 Å². The molecule has 7 nitrogen and oxygen atoms in total.